The highest BCUT2D eigenvalue weighted by molar-refractivity contribution is 5.87. The van der Waals surface area contributed by atoms with Crippen LogP contribution in [0.15, 0.2) is 109 Å². The van der Waals surface area contributed by atoms with E-state index in [9.17, 15) is 0 Å². The Bertz CT molecular complexity index is 2040. The first kappa shape index (κ1) is 29.5. The lowest BCUT2D eigenvalue weighted by molar-refractivity contribution is 0.0731. The summed E-state index contributed by atoms with van der Waals surface area (Å²) in [7, 11) is 0. The van der Waals surface area contributed by atoms with E-state index < -0.39 is 0 Å². The molecule has 0 amide bonds. The number of anilines is 2. The van der Waals surface area contributed by atoms with Crippen LogP contribution in [0, 0.1) is 27.7 Å². The monoisotopic (exact) mass is 630 g/mol. The van der Waals surface area contributed by atoms with E-state index >= 15 is 0 Å². The molecule has 0 unspecified atom stereocenters. The molecular weight excluding hydrogens is 588 g/mol. The second-order valence-electron chi connectivity index (χ2n) is 14.3. The molecule has 2 fully saturated rings. The molecule has 4 aliphatic rings. The van der Waals surface area contributed by atoms with Crippen LogP contribution in [-0.4, -0.2) is 12.2 Å². The lowest BCUT2D eigenvalue weighted by atomic mass is 9.95. The number of hydroxylamine groups is 2. The molecule has 4 nitrogen and oxygen atoms in total. The molecule has 6 aromatic rings. The molecule has 4 heterocycles. The second-order valence-corrected chi connectivity index (χ2v) is 14.3. The van der Waals surface area contributed by atoms with Crippen LogP contribution in [0.2, 0.25) is 0 Å². The van der Waals surface area contributed by atoms with Gasteiger partial charge in [0, 0.05) is 25.7 Å². The summed E-state index contributed by atoms with van der Waals surface area (Å²) < 4.78 is 0. The maximum atomic E-state index is 6.28. The maximum absolute atomic E-state index is 6.28. The average molecular weight is 631 g/mol. The van der Waals surface area contributed by atoms with Crippen LogP contribution >= 0.6 is 0 Å². The van der Waals surface area contributed by atoms with Crippen molar-refractivity contribution in [1.29, 1.82) is 0 Å². The first-order valence-electron chi connectivity index (χ1n) is 17.5. The van der Waals surface area contributed by atoms with Gasteiger partial charge in [-0.15, -0.1) is 0 Å². The average Bonchev–Trinajstić information content (AvgIpc) is 3.63. The lowest BCUT2D eigenvalue weighted by Crippen LogP contribution is -2.28. The zero-order valence-electron chi connectivity index (χ0n) is 28.2. The van der Waals surface area contributed by atoms with E-state index in [2.05, 4.69) is 147 Å². The van der Waals surface area contributed by atoms with Gasteiger partial charge in [0.25, 0.3) is 0 Å². The van der Waals surface area contributed by atoms with E-state index in [4.69, 9.17) is 9.68 Å². The van der Waals surface area contributed by atoms with Crippen LogP contribution in [0.25, 0.3) is 21.5 Å². The zero-order chi connectivity index (χ0) is 32.5. The standard InChI is InChI=1S/2C22H21NO/c2*1-14-10-15(2)20-12-17-13-22(23(24-17)21(20)11-14)19-9-5-7-16-6-3-4-8-18(16)19/h2*3-11,17,22H,12-13H2,1-2H3/t2*17-,22+/m11/s1. The van der Waals surface area contributed by atoms with Gasteiger partial charge in [0.1, 0.15) is 0 Å². The third-order valence-corrected chi connectivity index (χ3v) is 11.0. The Hall–Kier alpha value is -4.64. The SMILES string of the molecule is Cc1cc(C)c2c(c1)N1O[C@H](C2)C[C@H]1c1cccc2ccccc12.Cc1cc(C)c2c(c1)N1O[C@H](C2)C[C@H]1c1cccc2ccccc12. The largest absolute Gasteiger partial charge is 0.269 e. The Morgan fingerprint density at radius 1 is 0.500 bits per heavy atom. The predicted molar refractivity (Wildman–Crippen MR) is 197 cm³/mol. The van der Waals surface area contributed by atoms with Gasteiger partial charge in [0.15, 0.2) is 0 Å². The van der Waals surface area contributed by atoms with Gasteiger partial charge in [-0.2, -0.15) is 0 Å². The third kappa shape index (κ3) is 4.89. The zero-order valence-corrected chi connectivity index (χ0v) is 28.2. The van der Waals surface area contributed by atoms with Crippen molar-refractivity contribution in [3.05, 3.63) is 154 Å². The van der Waals surface area contributed by atoms with E-state index in [1.807, 2.05) is 0 Å². The summed E-state index contributed by atoms with van der Waals surface area (Å²) in [4.78, 5) is 12.6. The van der Waals surface area contributed by atoms with Gasteiger partial charge in [0.2, 0.25) is 0 Å². The number of fused-ring (bicyclic) bond motifs is 10. The van der Waals surface area contributed by atoms with Crippen LogP contribution in [0.1, 0.15) is 69.4 Å². The Morgan fingerprint density at radius 2 is 0.917 bits per heavy atom. The summed E-state index contributed by atoms with van der Waals surface area (Å²) in [6.07, 6.45) is 4.76. The molecule has 4 heteroatoms. The summed E-state index contributed by atoms with van der Waals surface area (Å²) in [6.45, 7) is 8.79. The van der Waals surface area contributed by atoms with Crippen molar-refractivity contribution in [2.24, 2.45) is 0 Å². The predicted octanol–water partition coefficient (Wildman–Crippen LogP) is 10.5. The maximum Gasteiger partial charge on any atom is 0.0921 e. The minimum absolute atomic E-state index is 0.294. The molecule has 0 aromatic heterocycles. The fraction of sp³-hybridized carbons (Fsp3) is 0.273. The topological polar surface area (TPSA) is 24.9 Å². The van der Waals surface area contributed by atoms with E-state index in [0.717, 1.165) is 25.7 Å². The molecule has 0 aliphatic carbocycles. The Balaban J connectivity index is 0.000000131. The number of rotatable bonds is 2. The quantitative estimate of drug-likeness (QED) is 0.190. The normalized spacial score (nSPS) is 22.0. The number of hydrogen-bond acceptors (Lipinski definition) is 4. The molecule has 240 valence electrons. The van der Waals surface area contributed by atoms with Crippen molar-refractivity contribution in [2.75, 3.05) is 10.1 Å². The molecule has 0 saturated carbocycles. The van der Waals surface area contributed by atoms with Crippen LogP contribution in [0.5, 0.6) is 0 Å². The molecule has 48 heavy (non-hydrogen) atoms. The molecule has 10 rings (SSSR count). The molecular formula is C44H42N2O2. The van der Waals surface area contributed by atoms with Crippen molar-refractivity contribution in [3.63, 3.8) is 0 Å². The smallest absolute Gasteiger partial charge is 0.0921 e. The van der Waals surface area contributed by atoms with Gasteiger partial charge in [-0.25, -0.2) is 10.1 Å². The van der Waals surface area contributed by atoms with Crippen LogP contribution < -0.4 is 10.1 Å². The van der Waals surface area contributed by atoms with Gasteiger partial charge in [0.05, 0.1) is 35.7 Å². The summed E-state index contributed by atoms with van der Waals surface area (Å²) in [6, 6.07) is 40.3. The molecule has 4 aliphatic heterocycles. The van der Waals surface area contributed by atoms with Crippen LogP contribution in [0.3, 0.4) is 0 Å². The van der Waals surface area contributed by atoms with Crippen LogP contribution in [-0.2, 0) is 22.5 Å². The Kier molecular flexibility index (Phi) is 7.07. The summed E-state index contributed by atoms with van der Waals surface area (Å²) >= 11 is 0. The first-order valence-corrected chi connectivity index (χ1v) is 17.5. The van der Waals surface area contributed by atoms with Gasteiger partial charge in [-0.1, -0.05) is 97.1 Å². The summed E-state index contributed by atoms with van der Waals surface area (Å²) in [5, 5.41) is 9.66. The van der Waals surface area contributed by atoms with Crippen molar-refractivity contribution in [1.82, 2.24) is 0 Å². The molecule has 6 aromatic carbocycles. The highest BCUT2D eigenvalue weighted by Crippen LogP contribution is 2.48. The Labute approximate surface area is 283 Å². The molecule has 4 bridgehead atoms. The van der Waals surface area contributed by atoms with Gasteiger partial charge in [-0.05, 0) is 106 Å². The van der Waals surface area contributed by atoms with Crippen molar-refractivity contribution >= 4 is 32.9 Å². The fourth-order valence-electron chi connectivity index (χ4n) is 8.85. The van der Waals surface area contributed by atoms with E-state index in [1.165, 1.54) is 77.4 Å². The van der Waals surface area contributed by atoms with E-state index in [1.54, 1.807) is 0 Å². The highest BCUT2D eigenvalue weighted by atomic mass is 16.7. The summed E-state index contributed by atoms with van der Waals surface area (Å²) in [5.41, 5.74) is 13.6. The number of benzene rings is 6. The van der Waals surface area contributed by atoms with Crippen molar-refractivity contribution < 1.29 is 9.68 Å². The second kappa shape index (κ2) is 11.5. The minimum atomic E-state index is 0.294. The number of hydrogen-bond donors (Lipinski definition) is 0. The van der Waals surface area contributed by atoms with Gasteiger partial charge >= 0.3 is 0 Å². The highest BCUT2D eigenvalue weighted by Gasteiger charge is 2.42. The fourth-order valence-corrected chi connectivity index (χ4v) is 8.85. The van der Waals surface area contributed by atoms with Gasteiger partial charge in [-0.3, -0.25) is 9.68 Å². The molecule has 0 radical (unpaired) electrons. The number of aryl methyl sites for hydroxylation is 4. The molecule has 4 atom stereocenters. The Morgan fingerprint density at radius 3 is 1.38 bits per heavy atom. The van der Waals surface area contributed by atoms with E-state index in [0.29, 0.717) is 24.3 Å². The molecule has 0 spiro atoms. The summed E-state index contributed by atoms with van der Waals surface area (Å²) in [5.74, 6) is 0. The van der Waals surface area contributed by atoms with Gasteiger partial charge < -0.3 is 0 Å². The van der Waals surface area contributed by atoms with Crippen LogP contribution in [0.4, 0.5) is 11.4 Å². The minimum Gasteiger partial charge on any atom is -0.269 e. The molecule has 2 saturated heterocycles. The van der Waals surface area contributed by atoms with Crippen molar-refractivity contribution in [3.8, 4) is 0 Å². The lowest BCUT2D eigenvalue weighted by Gasteiger charge is -2.32. The first-order chi connectivity index (χ1) is 23.4. The molecule has 0 N–H and O–H groups in total. The number of nitrogens with zero attached hydrogens (tertiary/aromatic N) is 2. The van der Waals surface area contributed by atoms with E-state index in [-0.39, 0.29) is 0 Å². The third-order valence-electron chi connectivity index (χ3n) is 11.0. The van der Waals surface area contributed by atoms with Crippen molar-refractivity contribution in [2.45, 2.75) is 77.7 Å².